The van der Waals surface area contributed by atoms with Crippen LogP contribution in [-0.2, 0) is 14.4 Å². The minimum Gasteiger partial charge on any atom is -0.478 e. The number of carbonyl (C=O) groups excluding carboxylic acids is 1. The van der Waals surface area contributed by atoms with Gasteiger partial charge < -0.3 is 15.0 Å². The second kappa shape index (κ2) is 13.4. The first-order valence-electron chi connectivity index (χ1n) is 6.03. The SMILES string of the molecule is CCCCCCCC(C)=O.O=C(O)C=CC(=O)O. The second-order valence-corrected chi connectivity index (χ2v) is 3.88. The van der Waals surface area contributed by atoms with E-state index in [-0.39, 0.29) is 0 Å². The average molecular weight is 258 g/mol. The summed E-state index contributed by atoms with van der Waals surface area (Å²) < 4.78 is 0. The van der Waals surface area contributed by atoms with E-state index in [9.17, 15) is 14.4 Å². The lowest BCUT2D eigenvalue weighted by molar-refractivity contribution is -0.134. The Morgan fingerprint density at radius 3 is 1.67 bits per heavy atom. The van der Waals surface area contributed by atoms with Gasteiger partial charge in [-0.05, 0) is 13.3 Å². The molecule has 0 atom stereocenters. The van der Waals surface area contributed by atoms with Crippen molar-refractivity contribution in [2.45, 2.75) is 52.4 Å². The minimum atomic E-state index is -1.26. The molecule has 0 aromatic carbocycles. The van der Waals surface area contributed by atoms with Crippen LogP contribution in [0, 0.1) is 0 Å². The molecule has 0 saturated carbocycles. The maximum absolute atomic E-state index is 10.5. The van der Waals surface area contributed by atoms with Gasteiger partial charge in [-0.25, -0.2) is 9.59 Å². The highest BCUT2D eigenvalue weighted by Gasteiger charge is 1.92. The Kier molecular flexibility index (Phi) is 13.9. The number of unbranched alkanes of at least 4 members (excludes halogenated alkanes) is 4. The molecular weight excluding hydrogens is 236 g/mol. The van der Waals surface area contributed by atoms with Gasteiger partial charge in [0.15, 0.2) is 0 Å². The van der Waals surface area contributed by atoms with Gasteiger partial charge in [-0.3, -0.25) is 0 Å². The molecule has 0 fully saturated rings. The van der Waals surface area contributed by atoms with Gasteiger partial charge in [-0.15, -0.1) is 0 Å². The molecule has 104 valence electrons. The molecule has 0 aliphatic heterocycles. The first kappa shape index (κ1) is 18.7. The van der Waals surface area contributed by atoms with Crippen LogP contribution >= 0.6 is 0 Å². The average Bonchev–Trinajstić information content (AvgIpc) is 2.26. The first-order chi connectivity index (χ1) is 8.40. The van der Waals surface area contributed by atoms with Crippen LogP contribution in [0.5, 0.6) is 0 Å². The van der Waals surface area contributed by atoms with E-state index in [1.807, 2.05) is 0 Å². The maximum Gasteiger partial charge on any atom is 0.328 e. The van der Waals surface area contributed by atoms with E-state index < -0.39 is 11.9 Å². The molecule has 0 unspecified atom stereocenters. The summed E-state index contributed by atoms with van der Waals surface area (Å²) in [5.74, 6) is -2.18. The fourth-order valence-electron chi connectivity index (χ4n) is 1.12. The van der Waals surface area contributed by atoms with Crippen LogP contribution in [0.4, 0.5) is 0 Å². The normalized spacial score (nSPS) is 9.67. The zero-order valence-electron chi connectivity index (χ0n) is 11.0. The van der Waals surface area contributed by atoms with E-state index in [2.05, 4.69) is 6.92 Å². The van der Waals surface area contributed by atoms with Crippen molar-refractivity contribution < 1.29 is 24.6 Å². The molecule has 0 spiro atoms. The van der Waals surface area contributed by atoms with E-state index in [4.69, 9.17) is 10.2 Å². The quantitative estimate of drug-likeness (QED) is 0.516. The molecule has 18 heavy (non-hydrogen) atoms. The van der Waals surface area contributed by atoms with Gasteiger partial charge in [0.25, 0.3) is 0 Å². The summed E-state index contributed by atoms with van der Waals surface area (Å²) in [6.07, 6.45) is 8.11. The third kappa shape index (κ3) is 23.9. The predicted molar refractivity (Wildman–Crippen MR) is 68.5 cm³/mol. The van der Waals surface area contributed by atoms with Crippen molar-refractivity contribution in [3.8, 4) is 0 Å². The van der Waals surface area contributed by atoms with Gasteiger partial charge in [0.2, 0.25) is 0 Å². The molecule has 0 aromatic heterocycles. The lowest BCUT2D eigenvalue weighted by Gasteiger charge is -1.95. The lowest BCUT2D eigenvalue weighted by Crippen LogP contribution is -1.91. The van der Waals surface area contributed by atoms with Gasteiger partial charge in [-0.2, -0.15) is 0 Å². The highest BCUT2D eigenvalue weighted by molar-refractivity contribution is 5.89. The Morgan fingerprint density at radius 2 is 1.33 bits per heavy atom. The van der Waals surface area contributed by atoms with E-state index in [0.717, 1.165) is 12.8 Å². The smallest absolute Gasteiger partial charge is 0.328 e. The Labute approximate surface area is 108 Å². The predicted octanol–water partition coefficient (Wildman–Crippen LogP) is 2.65. The third-order valence-electron chi connectivity index (χ3n) is 2.00. The molecule has 5 nitrogen and oxygen atoms in total. The van der Waals surface area contributed by atoms with Crippen molar-refractivity contribution in [1.82, 2.24) is 0 Å². The van der Waals surface area contributed by atoms with Crippen LogP contribution in [0.15, 0.2) is 12.2 Å². The Hall–Kier alpha value is -1.65. The fraction of sp³-hybridized carbons (Fsp3) is 0.615. The summed E-state index contributed by atoms with van der Waals surface area (Å²) in [4.78, 5) is 29.6. The topological polar surface area (TPSA) is 91.7 Å². The molecule has 0 aromatic rings. The highest BCUT2D eigenvalue weighted by atomic mass is 16.4. The third-order valence-corrected chi connectivity index (χ3v) is 2.00. The monoisotopic (exact) mass is 258 g/mol. The largest absolute Gasteiger partial charge is 0.478 e. The number of hydrogen-bond acceptors (Lipinski definition) is 3. The van der Waals surface area contributed by atoms with Crippen LogP contribution in [-0.4, -0.2) is 27.9 Å². The van der Waals surface area contributed by atoms with Gasteiger partial charge in [0.1, 0.15) is 5.78 Å². The number of rotatable bonds is 8. The minimum absolute atomic E-state index is 0.330. The van der Waals surface area contributed by atoms with E-state index >= 15 is 0 Å². The molecular formula is C13H22O5. The number of carbonyl (C=O) groups is 3. The van der Waals surface area contributed by atoms with E-state index in [0.29, 0.717) is 17.9 Å². The van der Waals surface area contributed by atoms with E-state index in [1.54, 1.807) is 6.92 Å². The second-order valence-electron chi connectivity index (χ2n) is 3.88. The fourth-order valence-corrected chi connectivity index (χ4v) is 1.12. The molecule has 0 amide bonds. The molecule has 0 rings (SSSR count). The molecule has 5 heteroatoms. The van der Waals surface area contributed by atoms with Gasteiger partial charge in [0, 0.05) is 18.6 Å². The molecule has 0 aliphatic carbocycles. The molecule has 0 heterocycles. The summed E-state index contributed by atoms with van der Waals surface area (Å²) >= 11 is 0. The number of carboxylic acids is 2. The van der Waals surface area contributed by atoms with Crippen molar-refractivity contribution in [1.29, 1.82) is 0 Å². The Balaban J connectivity index is 0. The molecule has 2 N–H and O–H groups in total. The van der Waals surface area contributed by atoms with Crippen LogP contribution in [0.2, 0.25) is 0 Å². The van der Waals surface area contributed by atoms with Crippen LogP contribution in [0.1, 0.15) is 52.4 Å². The van der Waals surface area contributed by atoms with E-state index in [1.165, 1.54) is 25.7 Å². The molecule has 0 radical (unpaired) electrons. The zero-order valence-corrected chi connectivity index (χ0v) is 11.0. The lowest BCUT2D eigenvalue weighted by atomic mass is 10.1. The number of Topliss-reactive ketones (excluding diaryl/α,β-unsaturated/α-hetero) is 1. The van der Waals surface area contributed by atoms with Crippen molar-refractivity contribution in [2.75, 3.05) is 0 Å². The van der Waals surface area contributed by atoms with Crippen molar-refractivity contribution >= 4 is 17.7 Å². The number of ketones is 1. The van der Waals surface area contributed by atoms with Gasteiger partial charge in [0.05, 0.1) is 0 Å². The van der Waals surface area contributed by atoms with Crippen LogP contribution in [0.3, 0.4) is 0 Å². The standard InChI is InChI=1S/C9H18O.C4H4O4/c1-3-4-5-6-7-8-9(2)10;5-3(6)1-2-4(7)8/h3-8H2,1-2H3;1-2H,(H,5,6)(H,7,8). The maximum atomic E-state index is 10.5. The molecule has 0 bridgehead atoms. The summed E-state index contributed by atoms with van der Waals surface area (Å²) in [6.45, 7) is 3.87. The number of aliphatic carboxylic acids is 2. The van der Waals surface area contributed by atoms with Crippen LogP contribution in [0.25, 0.3) is 0 Å². The van der Waals surface area contributed by atoms with Gasteiger partial charge in [-0.1, -0.05) is 32.6 Å². The Morgan fingerprint density at radius 1 is 0.889 bits per heavy atom. The number of carboxylic acid groups (broad SMARTS) is 2. The summed E-state index contributed by atoms with van der Waals surface area (Å²) in [5.41, 5.74) is 0. The van der Waals surface area contributed by atoms with Crippen LogP contribution < -0.4 is 0 Å². The first-order valence-corrected chi connectivity index (χ1v) is 6.03. The van der Waals surface area contributed by atoms with Crippen molar-refractivity contribution in [2.24, 2.45) is 0 Å². The molecule has 0 saturated heterocycles. The summed E-state index contributed by atoms with van der Waals surface area (Å²) in [6, 6.07) is 0. The highest BCUT2D eigenvalue weighted by Crippen LogP contribution is 2.04. The zero-order chi connectivity index (χ0) is 14.4. The Bertz CT molecular complexity index is 265. The van der Waals surface area contributed by atoms with Crippen molar-refractivity contribution in [3.63, 3.8) is 0 Å². The molecule has 0 aliphatic rings. The summed E-state index contributed by atoms with van der Waals surface area (Å²) in [7, 11) is 0. The van der Waals surface area contributed by atoms with Gasteiger partial charge >= 0.3 is 11.9 Å². The summed E-state index contributed by atoms with van der Waals surface area (Å²) in [5, 5.41) is 15.6. The number of hydrogen-bond donors (Lipinski definition) is 2. The van der Waals surface area contributed by atoms with Crippen molar-refractivity contribution in [3.05, 3.63) is 12.2 Å².